The Morgan fingerprint density at radius 1 is 1.62 bits per heavy atom. The van der Waals surface area contributed by atoms with Gasteiger partial charge in [-0.2, -0.15) is 0 Å². The van der Waals surface area contributed by atoms with Crippen LogP contribution in [-0.2, 0) is 17.1 Å². The number of aromatic nitrogens is 3. The Labute approximate surface area is 102 Å². The number of aliphatic hydroxyl groups excluding tert-OH is 1. The number of halogens is 1. The van der Waals surface area contributed by atoms with Crippen LogP contribution in [-0.4, -0.2) is 41.2 Å². The Balaban J connectivity index is 3.03. The van der Waals surface area contributed by atoms with Crippen molar-refractivity contribution in [1.82, 2.24) is 19.7 Å². The summed E-state index contributed by atoms with van der Waals surface area (Å²) in [6.45, 7) is 1.53. The number of hydrogen-bond acceptors (Lipinski definition) is 5. The van der Waals surface area contributed by atoms with Crippen molar-refractivity contribution in [1.29, 1.82) is 0 Å². The highest BCUT2D eigenvalue weighted by Gasteiger charge is 2.25. The van der Waals surface area contributed by atoms with Crippen molar-refractivity contribution in [2.24, 2.45) is 7.05 Å². The van der Waals surface area contributed by atoms with Crippen molar-refractivity contribution in [3.8, 4) is 0 Å². The van der Waals surface area contributed by atoms with Gasteiger partial charge in [-0.15, -0.1) is 5.10 Å². The summed E-state index contributed by atoms with van der Waals surface area (Å²) in [7, 11) is -2.24. The van der Waals surface area contributed by atoms with Crippen LogP contribution in [0.25, 0.3) is 0 Å². The minimum Gasteiger partial charge on any atom is -0.395 e. The molecule has 16 heavy (non-hydrogen) atoms. The van der Waals surface area contributed by atoms with Crippen molar-refractivity contribution in [3.63, 3.8) is 0 Å². The summed E-state index contributed by atoms with van der Waals surface area (Å²) in [5.41, 5.74) is 0. The van der Waals surface area contributed by atoms with Crippen LogP contribution in [0.4, 0.5) is 0 Å². The molecule has 1 aromatic heterocycles. The summed E-state index contributed by atoms with van der Waals surface area (Å²) in [5, 5.41) is 16.1. The summed E-state index contributed by atoms with van der Waals surface area (Å²) in [6, 6.07) is -0.508. The fraction of sp³-hybridized carbons (Fsp3) is 0.714. The van der Waals surface area contributed by atoms with Crippen LogP contribution in [0.3, 0.4) is 0 Å². The standard InChI is InChI=1S/C7H13BrN4O3S/c1-3-5(4-13)10-16(14,15)7-6(8)9-11-12(7)2/h5,10,13H,3-4H2,1-2H3/t5-/m1/s1. The minimum atomic E-state index is -3.72. The molecule has 0 amide bonds. The number of nitrogens with zero attached hydrogens (tertiary/aromatic N) is 3. The normalized spacial score (nSPS) is 14.0. The molecule has 7 nitrogen and oxygen atoms in total. The van der Waals surface area contributed by atoms with Gasteiger partial charge in [0.1, 0.15) is 0 Å². The fourth-order valence-electron chi connectivity index (χ4n) is 1.13. The van der Waals surface area contributed by atoms with Crippen LogP contribution < -0.4 is 4.72 Å². The third-order valence-electron chi connectivity index (χ3n) is 2.03. The van der Waals surface area contributed by atoms with Gasteiger partial charge in [-0.1, -0.05) is 12.1 Å². The number of rotatable bonds is 5. The number of hydrogen-bond donors (Lipinski definition) is 2. The van der Waals surface area contributed by atoms with E-state index in [4.69, 9.17) is 5.11 Å². The van der Waals surface area contributed by atoms with Gasteiger partial charge < -0.3 is 5.11 Å². The Kier molecular flexibility index (Phi) is 4.42. The summed E-state index contributed by atoms with van der Waals surface area (Å²) in [5.74, 6) is 0. The van der Waals surface area contributed by atoms with Gasteiger partial charge in [0.2, 0.25) is 5.03 Å². The van der Waals surface area contributed by atoms with Gasteiger partial charge >= 0.3 is 0 Å². The zero-order chi connectivity index (χ0) is 12.3. The molecular formula is C7H13BrN4O3S. The van der Waals surface area contributed by atoms with Gasteiger partial charge in [0.25, 0.3) is 10.0 Å². The Bertz CT molecular complexity index is 435. The lowest BCUT2D eigenvalue weighted by atomic mass is 10.3. The Morgan fingerprint density at radius 3 is 2.62 bits per heavy atom. The summed E-state index contributed by atoms with van der Waals surface area (Å²) in [6.07, 6.45) is 0.499. The summed E-state index contributed by atoms with van der Waals surface area (Å²) < 4.78 is 27.5. The quantitative estimate of drug-likeness (QED) is 0.773. The number of sulfonamides is 1. The molecule has 0 fully saturated rings. The Hall–Kier alpha value is -0.510. The van der Waals surface area contributed by atoms with Crippen LogP contribution in [0.1, 0.15) is 13.3 Å². The largest absolute Gasteiger partial charge is 0.395 e. The molecule has 0 aromatic carbocycles. The van der Waals surface area contributed by atoms with Crippen molar-refractivity contribution in [2.75, 3.05) is 6.61 Å². The van der Waals surface area contributed by atoms with Gasteiger partial charge in [0, 0.05) is 13.1 Å². The summed E-state index contributed by atoms with van der Waals surface area (Å²) >= 11 is 3.01. The molecule has 0 aliphatic carbocycles. The van der Waals surface area contributed by atoms with E-state index in [0.29, 0.717) is 6.42 Å². The molecule has 1 rings (SSSR count). The first-order valence-corrected chi connectivity index (χ1v) is 6.88. The van der Waals surface area contributed by atoms with Gasteiger partial charge in [-0.25, -0.2) is 17.8 Å². The highest BCUT2D eigenvalue weighted by Crippen LogP contribution is 2.17. The van der Waals surface area contributed by atoms with E-state index >= 15 is 0 Å². The summed E-state index contributed by atoms with van der Waals surface area (Å²) in [4.78, 5) is 0. The Morgan fingerprint density at radius 2 is 2.25 bits per heavy atom. The van der Waals surface area contributed by atoms with Crippen molar-refractivity contribution in [3.05, 3.63) is 4.60 Å². The second kappa shape index (κ2) is 5.21. The third-order valence-corrected chi connectivity index (χ3v) is 4.43. The highest BCUT2D eigenvalue weighted by molar-refractivity contribution is 9.10. The molecule has 0 aliphatic rings. The smallest absolute Gasteiger partial charge is 0.260 e. The molecule has 0 saturated carbocycles. The first-order valence-electron chi connectivity index (χ1n) is 4.60. The van der Waals surface area contributed by atoms with Crippen LogP contribution in [0.5, 0.6) is 0 Å². The number of aliphatic hydroxyl groups is 1. The first-order chi connectivity index (χ1) is 7.42. The predicted octanol–water partition coefficient (Wildman–Crippen LogP) is -0.373. The lowest BCUT2D eigenvalue weighted by molar-refractivity contribution is 0.253. The maximum atomic E-state index is 11.9. The first kappa shape index (κ1) is 13.6. The SMILES string of the molecule is CC[C@H](CO)NS(=O)(=O)c1c(Br)nnn1C. The lowest BCUT2D eigenvalue weighted by Gasteiger charge is -2.13. The van der Waals surface area contributed by atoms with E-state index in [1.807, 2.05) is 0 Å². The predicted molar refractivity (Wildman–Crippen MR) is 60.2 cm³/mol. The zero-order valence-electron chi connectivity index (χ0n) is 8.88. The topological polar surface area (TPSA) is 97.1 Å². The molecule has 0 radical (unpaired) electrons. The van der Waals surface area contributed by atoms with Crippen LogP contribution >= 0.6 is 15.9 Å². The van der Waals surface area contributed by atoms with E-state index in [9.17, 15) is 8.42 Å². The maximum absolute atomic E-state index is 11.9. The van der Waals surface area contributed by atoms with Gasteiger partial charge in [-0.05, 0) is 22.4 Å². The molecule has 1 heterocycles. The number of nitrogens with one attached hydrogen (secondary N) is 1. The molecule has 9 heteroatoms. The van der Waals surface area contributed by atoms with E-state index in [1.165, 1.54) is 7.05 Å². The number of aryl methyl sites for hydroxylation is 1. The molecule has 1 atom stereocenters. The average molecular weight is 313 g/mol. The minimum absolute atomic E-state index is 0.0561. The molecule has 0 unspecified atom stereocenters. The van der Waals surface area contributed by atoms with E-state index in [0.717, 1.165) is 4.68 Å². The molecule has 1 aromatic rings. The van der Waals surface area contributed by atoms with E-state index < -0.39 is 16.1 Å². The van der Waals surface area contributed by atoms with E-state index in [-0.39, 0.29) is 16.2 Å². The third kappa shape index (κ3) is 2.78. The second-order valence-electron chi connectivity index (χ2n) is 3.22. The molecule has 0 spiro atoms. The molecule has 0 saturated heterocycles. The van der Waals surface area contributed by atoms with Crippen molar-refractivity contribution in [2.45, 2.75) is 24.4 Å². The molecule has 2 N–H and O–H groups in total. The average Bonchev–Trinajstić information content (AvgIpc) is 2.55. The van der Waals surface area contributed by atoms with Crippen LogP contribution in [0.15, 0.2) is 9.63 Å². The second-order valence-corrected chi connectivity index (χ2v) is 5.60. The van der Waals surface area contributed by atoms with Gasteiger partial charge in [-0.3, -0.25) is 0 Å². The zero-order valence-corrected chi connectivity index (χ0v) is 11.3. The molecule has 0 bridgehead atoms. The van der Waals surface area contributed by atoms with Crippen LogP contribution in [0.2, 0.25) is 0 Å². The van der Waals surface area contributed by atoms with E-state index in [1.54, 1.807) is 6.92 Å². The van der Waals surface area contributed by atoms with Crippen molar-refractivity contribution >= 4 is 26.0 Å². The molecular weight excluding hydrogens is 300 g/mol. The molecule has 92 valence electrons. The fourth-order valence-corrected chi connectivity index (χ4v) is 3.54. The van der Waals surface area contributed by atoms with Gasteiger partial charge in [0.05, 0.1) is 6.61 Å². The van der Waals surface area contributed by atoms with Gasteiger partial charge in [0.15, 0.2) is 4.60 Å². The monoisotopic (exact) mass is 312 g/mol. The molecule has 0 aliphatic heterocycles. The highest BCUT2D eigenvalue weighted by atomic mass is 79.9. The maximum Gasteiger partial charge on any atom is 0.260 e. The lowest BCUT2D eigenvalue weighted by Crippen LogP contribution is -2.37. The van der Waals surface area contributed by atoms with Crippen molar-refractivity contribution < 1.29 is 13.5 Å². The van der Waals surface area contributed by atoms with Crippen LogP contribution in [0, 0.1) is 0 Å². The van der Waals surface area contributed by atoms with E-state index in [2.05, 4.69) is 31.0 Å².